The van der Waals surface area contributed by atoms with Crippen molar-refractivity contribution in [3.8, 4) is 0 Å². The Morgan fingerprint density at radius 2 is 2.27 bits per heavy atom. The van der Waals surface area contributed by atoms with E-state index in [4.69, 9.17) is 0 Å². The number of hydrogen-bond donors (Lipinski definition) is 1. The van der Waals surface area contributed by atoms with Crippen molar-refractivity contribution in [2.75, 3.05) is 0 Å². The van der Waals surface area contributed by atoms with Gasteiger partial charge in [-0.15, -0.1) is 0 Å². The van der Waals surface area contributed by atoms with Crippen molar-refractivity contribution >= 4 is 18.5 Å². The maximum absolute atomic E-state index is 10.9. The van der Waals surface area contributed by atoms with Crippen molar-refractivity contribution in [1.82, 2.24) is 5.32 Å². The molecule has 0 spiro atoms. The van der Waals surface area contributed by atoms with Crippen LogP contribution in [0.3, 0.4) is 0 Å². The van der Waals surface area contributed by atoms with Gasteiger partial charge in [0.15, 0.2) is 0 Å². The molecule has 60 valence electrons. The van der Waals surface area contributed by atoms with Gasteiger partial charge in [0.1, 0.15) is 12.6 Å². The minimum absolute atomic E-state index is 0.186. The lowest BCUT2D eigenvalue weighted by molar-refractivity contribution is -0.124. The summed E-state index contributed by atoms with van der Waals surface area (Å²) >= 11 is 0. The average molecular weight is 155 g/mol. The smallest absolute Gasteiger partial charge is 0.224 e. The summed E-state index contributed by atoms with van der Waals surface area (Å²) in [4.78, 5) is 31.1. The fraction of sp³-hybridized carbons (Fsp3) is 0.571. The average Bonchev–Trinajstić information content (AvgIpc) is 2.33. The van der Waals surface area contributed by atoms with Crippen LogP contribution in [0, 0.1) is 5.92 Å². The summed E-state index contributed by atoms with van der Waals surface area (Å²) < 4.78 is 0. The van der Waals surface area contributed by atoms with Crippen LogP contribution >= 0.6 is 0 Å². The van der Waals surface area contributed by atoms with Crippen LogP contribution in [-0.2, 0) is 14.4 Å². The molecule has 1 N–H and O–H groups in total. The summed E-state index contributed by atoms with van der Waals surface area (Å²) in [6, 6.07) is -0.382. The first-order chi connectivity index (χ1) is 5.27. The summed E-state index contributed by atoms with van der Waals surface area (Å²) in [5, 5.41) is 2.47. The number of carbonyl (C=O) groups excluding carboxylic acids is 3. The van der Waals surface area contributed by atoms with Crippen molar-refractivity contribution in [2.24, 2.45) is 5.92 Å². The molecule has 1 fully saturated rings. The Morgan fingerprint density at radius 1 is 1.55 bits per heavy atom. The van der Waals surface area contributed by atoms with Crippen LogP contribution in [-0.4, -0.2) is 24.5 Å². The second kappa shape index (κ2) is 3.27. The van der Waals surface area contributed by atoms with Crippen molar-refractivity contribution in [1.29, 1.82) is 0 Å². The molecule has 0 saturated carbocycles. The largest absolute Gasteiger partial charge is 0.346 e. The van der Waals surface area contributed by atoms with E-state index in [1.165, 1.54) is 0 Å². The lowest BCUT2D eigenvalue weighted by Gasteiger charge is -1.96. The first kappa shape index (κ1) is 7.91. The van der Waals surface area contributed by atoms with Gasteiger partial charge >= 0.3 is 0 Å². The zero-order chi connectivity index (χ0) is 8.27. The molecule has 0 aromatic heterocycles. The minimum atomic E-state index is -0.382. The van der Waals surface area contributed by atoms with Gasteiger partial charge in [-0.1, -0.05) is 0 Å². The molecule has 1 heterocycles. The van der Waals surface area contributed by atoms with E-state index in [0.717, 1.165) is 0 Å². The van der Waals surface area contributed by atoms with Crippen molar-refractivity contribution in [3.05, 3.63) is 0 Å². The van der Waals surface area contributed by atoms with Crippen molar-refractivity contribution in [3.63, 3.8) is 0 Å². The monoisotopic (exact) mass is 155 g/mol. The number of amides is 1. The summed E-state index contributed by atoms with van der Waals surface area (Å²) in [6.45, 7) is 0. The number of aldehydes is 2. The van der Waals surface area contributed by atoms with Crippen molar-refractivity contribution < 1.29 is 14.4 Å². The van der Waals surface area contributed by atoms with E-state index in [2.05, 4.69) is 5.32 Å². The highest BCUT2D eigenvalue weighted by Crippen LogP contribution is 2.16. The Morgan fingerprint density at radius 3 is 2.73 bits per heavy atom. The van der Waals surface area contributed by atoms with Gasteiger partial charge in [0, 0.05) is 12.3 Å². The lowest BCUT2D eigenvalue weighted by atomic mass is 10.0. The van der Waals surface area contributed by atoms with Gasteiger partial charge in [-0.2, -0.15) is 0 Å². The standard InChI is InChI=1S/C7H9NO3/c9-2-1-5-3-6(4-10)8-7(5)11/h2,4-6H,1,3H2,(H,8,11)/t5-,6?/m1/s1. The molecule has 11 heavy (non-hydrogen) atoms. The molecule has 0 radical (unpaired) electrons. The van der Waals surface area contributed by atoms with Gasteiger partial charge in [-0.3, -0.25) is 4.79 Å². The predicted molar refractivity (Wildman–Crippen MR) is 36.8 cm³/mol. The van der Waals surface area contributed by atoms with E-state index < -0.39 is 0 Å². The van der Waals surface area contributed by atoms with Crippen LogP contribution in [0.4, 0.5) is 0 Å². The van der Waals surface area contributed by atoms with Crippen LogP contribution in [0.15, 0.2) is 0 Å². The summed E-state index contributed by atoms with van der Waals surface area (Å²) in [7, 11) is 0. The SMILES string of the molecule is O=CC[C@@H]1CC(C=O)NC1=O. The van der Waals surface area contributed by atoms with Gasteiger partial charge in [-0.05, 0) is 6.42 Å². The fourth-order valence-electron chi connectivity index (χ4n) is 1.18. The molecule has 1 saturated heterocycles. The van der Waals surface area contributed by atoms with Crippen LogP contribution in [0.25, 0.3) is 0 Å². The Hall–Kier alpha value is -1.19. The van der Waals surface area contributed by atoms with E-state index in [1.807, 2.05) is 0 Å². The third-order valence-corrected chi connectivity index (χ3v) is 1.78. The molecule has 4 heteroatoms. The summed E-state index contributed by atoms with van der Waals surface area (Å²) in [6.07, 6.45) is 2.08. The number of hydrogen-bond acceptors (Lipinski definition) is 3. The molecular weight excluding hydrogens is 146 g/mol. The molecule has 1 amide bonds. The first-order valence-corrected chi connectivity index (χ1v) is 3.47. The highest BCUT2D eigenvalue weighted by Gasteiger charge is 2.30. The van der Waals surface area contributed by atoms with Crippen LogP contribution in [0.2, 0.25) is 0 Å². The number of carbonyl (C=O) groups is 3. The van der Waals surface area contributed by atoms with Gasteiger partial charge in [0.05, 0.1) is 6.04 Å². The Bertz CT molecular complexity index is 190. The summed E-state index contributed by atoms with van der Waals surface area (Å²) in [5.74, 6) is -0.475. The molecule has 1 rings (SSSR count). The van der Waals surface area contributed by atoms with Crippen LogP contribution in [0.1, 0.15) is 12.8 Å². The predicted octanol–water partition coefficient (Wildman–Crippen LogP) is -0.721. The van der Waals surface area contributed by atoms with Gasteiger partial charge in [-0.25, -0.2) is 0 Å². The van der Waals surface area contributed by atoms with Gasteiger partial charge in [0.25, 0.3) is 0 Å². The maximum atomic E-state index is 10.9. The topological polar surface area (TPSA) is 63.2 Å². The van der Waals surface area contributed by atoms with Gasteiger partial charge < -0.3 is 14.9 Å². The van der Waals surface area contributed by atoms with E-state index in [0.29, 0.717) is 19.0 Å². The zero-order valence-corrected chi connectivity index (χ0v) is 5.95. The van der Waals surface area contributed by atoms with Crippen molar-refractivity contribution in [2.45, 2.75) is 18.9 Å². The Balaban J connectivity index is 2.50. The van der Waals surface area contributed by atoms with E-state index >= 15 is 0 Å². The lowest BCUT2D eigenvalue weighted by Crippen LogP contribution is -2.27. The molecule has 1 unspecified atom stereocenters. The summed E-state index contributed by atoms with van der Waals surface area (Å²) in [5.41, 5.74) is 0. The van der Waals surface area contributed by atoms with E-state index in [9.17, 15) is 14.4 Å². The molecule has 0 aromatic carbocycles. The quantitative estimate of drug-likeness (QED) is 0.547. The minimum Gasteiger partial charge on any atom is -0.346 e. The molecule has 0 aromatic rings. The number of nitrogens with one attached hydrogen (secondary N) is 1. The van der Waals surface area contributed by atoms with Gasteiger partial charge in [0.2, 0.25) is 5.91 Å². The third kappa shape index (κ3) is 1.63. The highest BCUT2D eigenvalue weighted by molar-refractivity contribution is 5.87. The maximum Gasteiger partial charge on any atom is 0.224 e. The number of rotatable bonds is 3. The Kier molecular flexibility index (Phi) is 2.36. The molecule has 4 nitrogen and oxygen atoms in total. The van der Waals surface area contributed by atoms with E-state index in [1.54, 1.807) is 0 Å². The molecule has 0 bridgehead atoms. The molecule has 1 aliphatic heterocycles. The second-order valence-electron chi connectivity index (χ2n) is 2.59. The first-order valence-electron chi connectivity index (χ1n) is 3.47. The van der Waals surface area contributed by atoms with E-state index in [-0.39, 0.29) is 24.3 Å². The third-order valence-electron chi connectivity index (χ3n) is 1.78. The van der Waals surface area contributed by atoms with Crippen LogP contribution in [0.5, 0.6) is 0 Å². The second-order valence-corrected chi connectivity index (χ2v) is 2.59. The Labute approximate surface area is 64.0 Å². The molecule has 0 aliphatic carbocycles. The zero-order valence-electron chi connectivity index (χ0n) is 5.95. The van der Waals surface area contributed by atoms with Crippen LogP contribution < -0.4 is 5.32 Å². The highest BCUT2D eigenvalue weighted by atomic mass is 16.2. The molecule has 2 atom stereocenters. The fourth-order valence-corrected chi connectivity index (χ4v) is 1.18. The molecular formula is C7H9NO3. The normalized spacial score (nSPS) is 29.6. The molecule has 1 aliphatic rings.